The lowest BCUT2D eigenvalue weighted by Gasteiger charge is -2.01. The summed E-state index contributed by atoms with van der Waals surface area (Å²) in [5, 5.41) is 3.45. The predicted molar refractivity (Wildman–Crippen MR) is 51.1 cm³/mol. The molecule has 1 atom stereocenters. The van der Waals surface area contributed by atoms with Gasteiger partial charge in [0.2, 0.25) is 0 Å². The summed E-state index contributed by atoms with van der Waals surface area (Å²) in [5.41, 5.74) is 3.07. The largest absolute Gasteiger partial charge is 0.301 e. The SMILES string of the molecule is Cc1cccc(C2NC2(C)C)c1. The molecule has 0 spiro atoms. The van der Waals surface area contributed by atoms with Crippen molar-refractivity contribution in [3.05, 3.63) is 35.4 Å². The van der Waals surface area contributed by atoms with Crippen LogP contribution in [0.15, 0.2) is 24.3 Å². The number of hydrogen-bond acceptors (Lipinski definition) is 1. The molecular formula is C11H15N. The summed E-state index contributed by atoms with van der Waals surface area (Å²) in [6.07, 6.45) is 0. The quantitative estimate of drug-likeness (QED) is 0.628. The monoisotopic (exact) mass is 161 g/mol. The van der Waals surface area contributed by atoms with E-state index in [9.17, 15) is 0 Å². The Labute approximate surface area is 73.8 Å². The standard InChI is InChI=1S/C11H15N/c1-8-5-4-6-9(7-8)10-11(2,3)12-10/h4-7,10,12H,1-3H3. The molecule has 0 amide bonds. The minimum absolute atomic E-state index is 0.313. The fourth-order valence-electron chi connectivity index (χ4n) is 1.68. The van der Waals surface area contributed by atoms with Crippen LogP contribution in [0.4, 0.5) is 0 Å². The van der Waals surface area contributed by atoms with Crippen molar-refractivity contribution in [1.29, 1.82) is 0 Å². The van der Waals surface area contributed by atoms with Crippen molar-refractivity contribution in [2.75, 3.05) is 0 Å². The molecule has 1 saturated heterocycles. The number of hydrogen-bond donors (Lipinski definition) is 1. The van der Waals surface area contributed by atoms with Gasteiger partial charge in [0.05, 0.1) is 6.04 Å². The topological polar surface area (TPSA) is 21.9 Å². The van der Waals surface area contributed by atoms with Crippen molar-refractivity contribution in [2.24, 2.45) is 0 Å². The summed E-state index contributed by atoms with van der Waals surface area (Å²) in [7, 11) is 0. The molecular weight excluding hydrogens is 146 g/mol. The molecule has 12 heavy (non-hydrogen) atoms. The van der Waals surface area contributed by atoms with E-state index in [0.717, 1.165) is 0 Å². The van der Waals surface area contributed by atoms with E-state index in [0.29, 0.717) is 11.6 Å². The van der Waals surface area contributed by atoms with Gasteiger partial charge in [-0.05, 0) is 26.3 Å². The first kappa shape index (κ1) is 7.81. The van der Waals surface area contributed by atoms with Gasteiger partial charge in [-0.25, -0.2) is 0 Å². The summed E-state index contributed by atoms with van der Waals surface area (Å²) in [5.74, 6) is 0. The average Bonchev–Trinajstić information content (AvgIpc) is 2.60. The summed E-state index contributed by atoms with van der Waals surface area (Å²) in [6.45, 7) is 6.61. The van der Waals surface area contributed by atoms with Gasteiger partial charge in [-0.3, -0.25) is 0 Å². The van der Waals surface area contributed by atoms with Gasteiger partial charge in [0.1, 0.15) is 0 Å². The predicted octanol–water partition coefficient (Wildman–Crippen LogP) is 2.42. The molecule has 0 bridgehead atoms. The van der Waals surface area contributed by atoms with Gasteiger partial charge < -0.3 is 5.32 Å². The van der Waals surface area contributed by atoms with Crippen LogP contribution >= 0.6 is 0 Å². The molecule has 64 valence electrons. The lowest BCUT2D eigenvalue weighted by Crippen LogP contribution is -2.00. The van der Waals surface area contributed by atoms with Crippen LogP contribution in [-0.2, 0) is 0 Å². The molecule has 0 radical (unpaired) electrons. The van der Waals surface area contributed by atoms with Crippen LogP contribution in [0.2, 0.25) is 0 Å². The maximum Gasteiger partial charge on any atom is 0.0504 e. The van der Waals surface area contributed by atoms with Gasteiger partial charge in [-0.15, -0.1) is 0 Å². The Bertz CT molecular complexity index is 302. The van der Waals surface area contributed by atoms with Crippen molar-refractivity contribution >= 4 is 0 Å². The fraction of sp³-hybridized carbons (Fsp3) is 0.455. The number of nitrogens with one attached hydrogen (secondary N) is 1. The van der Waals surface area contributed by atoms with E-state index in [1.54, 1.807) is 0 Å². The van der Waals surface area contributed by atoms with Gasteiger partial charge in [-0.1, -0.05) is 29.8 Å². The highest BCUT2D eigenvalue weighted by Crippen LogP contribution is 2.39. The Morgan fingerprint density at radius 3 is 2.50 bits per heavy atom. The third-order valence-corrected chi connectivity index (χ3v) is 2.53. The molecule has 2 rings (SSSR count). The minimum atomic E-state index is 0.313. The van der Waals surface area contributed by atoms with Gasteiger partial charge >= 0.3 is 0 Å². The van der Waals surface area contributed by atoms with Crippen LogP contribution in [0, 0.1) is 6.92 Å². The first-order chi connectivity index (χ1) is 5.59. The van der Waals surface area contributed by atoms with Crippen LogP contribution < -0.4 is 5.32 Å². The third kappa shape index (κ3) is 1.25. The molecule has 0 aliphatic carbocycles. The number of benzene rings is 1. The molecule has 1 nitrogen and oxygen atoms in total. The van der Waals surface area contributed by atoms with Crippen LogP contribution in [0.1, 0.15) is 31.0 Å². The summed E-state index contributed by atoms with van der Waals surface area (Å²) >= 11 is 0. The van der Waals surface area contributed by atoms with Crippen molar-refractivity contribution in [3.63, 3.8) is 0 Å². The fourth-order valence-corrected chi connectivity index (χ4v) is 1.68. The van der Waals surface area contributed by atoms with Crippen LogP contribution in [0.25, 0.3) is 0 Å². The normalized spacial score (nSPS) is 25.4. The second-order valence-corrected chi connectivity index (χ2v) is 4.21. The Kier molecular flexibility index (Phi) is 1.52. The Hall–Kier alpha value is -0.820. The van der Waals surface area contributed by atoms with Crippen LogP contribution in [0.5, 0.6) is 0 Å². The number of aryl methyl sites for hydroxylation is 1. The van der Waals surface area contributed by atoms with E-state index in [1.165, 1.54) is 11.1 Å². The van der Waals surface area contributed by atoms with Gasteiger partial charge in [0.15, 0.2) is 0 Å². The van der Waals surface area contributed by atoms with E-state index in [2.05, 4.69) is 50.4 Å². The highest BCUT2D eigenvalue weighted by atomic mass is 15.2. The highest BCUT2D eigenvalue weighted by Gasteiger charge is 2.45. The molecule has 1 fully saturated rings. The molecule has 1 aliphatic rings. The molecule has 1 N–H and O–H groups in total. The first-order valence-corrected chi connectivity index (χ1v) is 4.44. The van der Waals surface area contributed by atoms with E-state index < -0.39 is 0 Å². The zero-order valence-electron chi connectivity index (χ0n) is 7.89. The molecule has 1 aromatic carbocycles. The maximum atomic E-state index is 3.45. The molecule has 1 heteroatoms. The zero-order chi connectivity index (χ0) is 8.77. The molecule has 1 heterocycles. The Balaban J connectivity index is 2.26. The van der Waals surface area contributed by atoms with Crippen molar-refractivity contribution in [2.45, 2.75) is 32.4 Å². The smallest absolute Gasteiger partial charge is 0.0504 e. The molecule has 0 aromatic heterocycles. The Morgan fingerprint density at radius 2 is 2.00 bits per heavy atom. The molecule has 1 aromatic rings. The summed E-state index contributed by atoms with van der Waals surface area (Å²) < 4.78 is 0. The molecule has 1 unspecified atom stereocenters. The first-order valence-electron chi connectivity index (χ1n) is 4.44. The molecule has 0 saturated carbocycles. The minimum Gasteiger partial charge on any atom is -0.301 e. The van der Waals surface area contributed by atoms with Gasteiger partial charge in [0, 0.05) is 5.54 Å². The zero-order valence-corrected chi connectivity index (χ0v) is 7.89. The van der Waals surface area contributed by atoms with E-state index in [1.807, 2.05) is 0 Å². The highest BCUT2D eigenvalue weighted by molar-refractivity contribution is 5.32. The van der Waals surface area contributed by atoms with E-state index >= 15 is 0 Å². The summed E-state index contributed by atoms with van der Waals surface area (Å²) in [4.78, 5) is 0. The molecule has 1 aliphatic heterocycles. The Morgan fingerprint density at radius 1 is 1.33 bits per heavy atom. The number of rotatable bonds is 1. The van der Waals surface area contributed by atoms with Crippen LogP contribution in [0.3, 0.4) is 0 Å². The van der Waals surface area contributed by atoms with Crippen molar-refractivity contribution in [1.82, 2.24) is 5.32 Å². The second kappa shape index (κ2) is 2.33. The van der Waals surface area contributed by atoms with Gasteiger partial charge in [0.25, 0.3) is 0 Å². The van der Waals surface area contributed by atoms with Gasteiger partial charge in [-0.2, -0.15) is 0 Å². The summed E-state index contributed by atoms with van der Waals surface area (Å²) in [6, 6.07) is 9.28. The second-order valence-electron chi connectivity index (χ2n) is 4.21. The van der Waals surface area contributed by atoms with Crippen molar-refractivity contribution < 1.29 is 0 Å². The van der Waals surface area contributed by atoms with Crippen molar-refractivity contribution in [3.8, 4) is 0 Å². The maximum absolute atomic E-state index is 3.45. The van der Waals surface area contributed by atoms with Crippen LogP contribution in [-0.4, -0.2) is 5.54 Å². The lowest BCUT2D eigenvalue weighted by atomic mass is 10.0. The van der Waals surface area contributed by atoms with E-state index in [4.69, 9.17) is 0 Å². The lowest BCUT2D eigenvalue weighted by molar-refractivity contribution is 0.754. The van der Waals surface area contributed by atoms with E-state index in [-0.39, 0.29) is 0 Å². The average molecular weight is 161 g/mol. The third-order valence-electron chi connectivity index (χ3n) is 2.53.